The zero-order valence-electron chi connectivity index (χ0n) is 10.2. The lowest BCUT2D eigenvalue weighted by Gasteiger charge is -2.26. The zero-order chi connectivity index (χ0) is 12.1. The Balaban J connectivity index is 1.96. The first-order valence-electron chi connectivity index (χ1n) is 5.65. The molecule has 0 aliphatic carbocycles. The summed E-state index contributed by atoms with van der Waals surface area (Å²) in [5, 5.41) is 3.33. The van der Waals surface area contributed by atoms with Crippen LogP contribution in [0.3, 0.4) is 0 Å². The first-order chi connectivity index (χ1) is 8.28. The molecule has 0 saturated carbocycles. The minimum absolute atomic E-state index is 0.212. The number of hydrogen-bond donors (Lipinski definition) is 1. The summed E-state index contributed by atoms with van der Waals surface area (Å²) in [5.74, 6) is 0.601. The number of nitrogens with zero attached hydrogens (tertiary/aromatic N) is 1. The van der Waals surface area contributed by atoms with Crippen molar-refractivity contribution in [2.24, 2.45) is 0 Å². The van der Waals surface area contributed by atoms with Crippen LogP contribution >= 0.6 is 0 Å². The van der Waals surface area contributed by atoms with E-state index in [0.717, 1.165) is 25.3 Å². The third-order valence-corrected chi connectivity index (χ3v) is 3.06. The summed E-state index contributed by atoms with van der Waals surface area (Å²) in [7, 11) is 3.33. The van der Waals surface area contributed by atoms with Crippen molar-refractivity contribution in [2.45, 2.75) is 12.0 Å². The number of ether oxygens (including phenoxy) is 3. The van der Waals surface area contributed by atoms with Crippen molar-refractivity contribution in [3.63, 3.8) is 0 Å². The van der Waals surface area contributed by atoms with Crippen LogP contribution in [0.4, 0.5) is 5.69 Å². The molecule has 0 bridgehead atoms. The molecule has 0 spiro atoms. The monoisotopic (exact) mass is 238 g/mol. The summed E-state index contributed by atoms with van der Waals surface area (Å²) in [5.41, 5.74) is 0.761. The van der Waals surface area contributed by atoms with Crippen LogP contribution in [0, 0.1) is 0 Å². The minimum atomic E-state index is -0.212. The molecule has 1 atom stereocenters. The second kappa shape index (κ2) is 5.33. The van der Waals surface area contributed by atoms with Crippen molar-refractivity contribution in [3.8, 4) is 5.88 Å². The van der Waals surface area contributed by atoms with Gasteiger partial charge in [-0.2, -0.15) is 0 Å². The molecule has 0 amide bonds. The van der Waals surface area contributed by atoms with Gasteiger partial charge in [-0.25, -0.2) is 4.98 Å². The van der Waals surface area contributed by atoms with E-state index in [9.17, 15) is 0 Å². The fraction of sp³-hybridized carbons (Fsp3) is 0.583. The standard InChI is InChI=1S/C12H18N2O3/c1-15-11-7-10(3-5-13-11)14-8-12(16-2)4-6-17-9-12/h3,5,7H,4,6,8-9H2,1-2H3,(H,13,14). The molecule has 2 rings (SSSR count). The van der Waals surface area contributed by atoms with Crippen molar-refractivity contribution in [2.75, 3.05) is 39.3 Å². The van der Waals surface area contributed by atoms with E-state index in [0.29, 0.717) is 12.5 Å². The van der Waals surface area contributed by atoms with E-state index < -0.39 is 0 Å². The molecule has 2 heterocycles. The molecule has 94 valence electrons. The third kappa shape index (κ3) is 2.87. The Kier molecular flexibility index (Phi) is 3.81. The van der Waals surface area contributed by atoms with E-state index in [4.69, 9.17) is 14.2 Å². The maximum absolute atomic E-state index is 5.54. The van der Waals surface area contributed by atoms with E-state index in [1.165, 1.54) is 0 Å². The van der Waals surface area contributed by atoms with Crippen LogP contribution in [-0.4, -0.2) is 44.6 Å². The first-order valence-corrected chi connectivity index (χ1v) is 5.65. The van der Waals surface area contributed by atoms with Gasteiger partial charge in [0.1, 0.15) is 5.60 Å². The molecule has 1 aliphatic heterocycles. The second-order valence-corrected chi connectivity index (χ2v) is 4.13. The summed E-state index contributed by atoms with van der Waals surface area (Å²) in [6.45, 7) is 2.12. The Bertz CT molecular complexity index is 365. The average molecular weight is 238 g/mol. The van der Waals surface area contributed by atoms with Crippen LogP contribution in [0.2, 0.25) is 0 Å². The lowest BCUT2D eigenvalue weighted by Crippen LogP contribution is -2.39. The molecule has 1 fully saturated rings. The first kappa shape index (κ1) is 12.1. The summed E-state index contributed by atoms with van der Waals surface area (Å²) in [6.07, 6.45) is 2.63. The lowest BCUT2D eigenvalue weighted by molar-refractivity contribution is -0.00620. The van der Waals surface area contributed by atoms with Crippen LogP contribution in [0.5, 0.6) is 5.88 Å². The highest BCUT2D eigenvalue weighted by atomic mass is 16.5. The highest BCUT2D eigenvalue weighted by Gasteiger charge is 2.34. The predicted octanol–water partition coefficient (Wildman–Crippen LogP) is 1.31. The smallest absolute Gasteiger partial charge is 0.214 e. The second-order valence-electron chi connectivity index (χ2n) is 4.13. The van der Waals surface area contributed by atoms with Crippen molar-refractivity contribution in [1.82, 2.24) is 4.98 Å². The molecule has 17 heavy (non-hydrogen) atoms. The summed E-state index contributed by atoms with van der Waals surface area (Å²) < 4.78 is 16.0. The molecule has 1 aliphatic rings. The molecule has 1 N–H and O–H groups in total. The van der Waals surface area contributed by atoms with Crippen LogP contribution < -0.4 is 10.1 Å². The Labute approximate surface area is 101 Å². The third-order valence-electron chi connectivity index (χ3n) is 3.06. The Morgan fingerprint density at radius 3 is 3.06 bits per heavy atom. The van der Waals surface area contributed by atoms with Crippen LogP contribution in [-0.2, 0) is 9.47 Å². The molecule has 0 radical (unpaired) electrons. The molecule has 1 unspecified atom stereocenters. The molecule has 1 aromatic rings. The quantitative estimate of drug-likeness (QED) is 0.838. The van der Waals surface area contributed by atoms with Crippen LogP contribution in [0.1, 0.15) is 6.42 Å². The van der Waals surface area contributed by atoms with Crippen molar-refractivity contribution in [3.05, 3.63) is 18.3 Å². The number of nitrogens with one attached hydrogen (secondary N) is 1. The Hall–Kier alpha value is -1.33. The fourth-order valence-electron chi connectivity index (χ4n) is 1.86. The van der Waals surface area contributed by atoms with Gasteiger partial charge in [-0.05, 0) is 6.07 Å². The number of aromatic nitrogens is 1. The Morgan fingerprint density at radius 1 is 1.53 bits per heavy atom. The Morgan fingerprint density at radius 2 is 2.41 bits per heavy atom. The van der Waals surface area contributed by atoms with Crippen LogP contribution in [0.25, 0.3) is 0 Å². The highest BCUT2D eigenvalue weighted by Crippen LogP contribution is 2.23. The maximum atomic E-state index is 5.54. The van der Waals surface area contributed by atoms with Gasteiger partial charge in [0.25, 0.3) is 0 Å². The topological polar surface area (TPSA) is 52.6 Å². The van der Waals surface area contributed by atoms with Gasteiger partial charge in [0.15, 0.2) is 0 Å². The van der Waals surface area contributed by atoms with Gasteiger partial charge in [-0.3, -0.25) is 0 Å². The van der Waals surface area contributed by atoms with Crippen molar-refractivity contribution >= 4 is 5.69 Å². The largest absolute Gasteiger partial charge is 0.481 e. The van der Waals surface area contributed by atoms with Gasteiger partial charge in [-0.1, -0.05) is 0 Å². The molecule has 5 heteroatoms. The molecular weight excluding hydrogens is 220 g/mol. The van der Waals surface area contributed by atoms with Crippen molar-refractivity contribution in [1.29, 1.82) is 0 Å². The highest BCUT2D eigenvalue weighted by molar-refractivity contribution is 5.45. The average Bonchev–Trinajstić information content (AvgIpc) is 2.86. The molecule has 5 nitrogen and oxygen atoms in total. The van der Waals surface area contributed by atoms with E-state index in [-0.39, 0.29) is 5.60 Å². The molecule has 1 aromatic heterocycles. The van der Waals surface area contributed by atoms with E-state index >= 15 is 0 Å². The zero-order valence-corrected chi connectivity index (χ0v) is 10.2. The number of pyridine rings is 1. The predicted molar refractivity (Wildman–Crippen MR) is 64.5 cm³/mol. The summed E-state index contributed by atoms with van der Waals surface area (Å²) in [6, 6.07) is 3.76. The van der Waals surface area contributed by atoms with Crippen LogP contribution in [0.15, 0.2) is 18.3 Å². The van der Waals surface area contributed by atoms with E-state index in [2.05, 4.69) is 10.3 Å². The SMILES string of the molecule is COc1cc(NCC2(OC)CCOC2)ccn1. The van der Waals surface area contributed by atoms with Gasteiger partial charge in [0.2, 0.25) is 5.88 Å². The molecule has 1 saturated heterocycles. The lowest BCUT2D eigenvalue weighted by atomic mass is 10.0. The van der Waals surface area contributed by atoms with E-state index in [1.807, 2.05) is 12.1 Å². The number of anilines is 1. The van der Waals surface area contributed by atoms with Gasteiger partial charge in [0, 0.05) is 44.6 Å². The number of hydrogen-bond acceptors (Lipinski definition) is 5. The summed E-state index contributed by atoms with van der Waals surface area (Å²) >= 11 is 0. The number of methoxy groups -OCH3 is 2. The normalized spacial score (nSPS) is 23.6. The minimum Gasteiger partial charge on any atom is -0.481 e. The van der Waals surface area contributed by atoms with Gasteiger partial charge < -0.3 is 19.5 Å². The van der Waals surface area contributed by atoms with Crippen molar-refractivity contribution < 1.29 is 14.2 Å². The maximum Gasteiger partial charge on any atom is 0.214 e. The number of rotatable bonds is 5. The molecular formula is C12H18N2O3. The van der Waals surface area contributed by atoms with E-state index in [1.54, 1.807) is 20.4 Å². The summed E-state index contributed by atoms with van der Waals surface area (Å²) in [4.78, 5) is 4.06. The van der Waals surface area contributed by atoms with Gasteiger partial charge in [0.05, 0.1) is 13.7 Å². The fourth-order valence-corrected chi connectivity index (χ4v) is 1.86. The van der Waals surface area contributed by atoms with Gasteiger partial charge >= 0.3 is 0 Å². The molecule has 0 aromatic carbocycles. The van der Waals surface area contributed by atoms with Gasteiger partial charge in [-0.15, -0.1) is 0 Å².